The monoisotopic (exact) mass is 247 g/mol. The molecule has 1 aliphatic rings. The summed E-state index contributed by atoms with van der Waals surface area (Å²) in [5.74, 6) is 1.43. The number of methoxy groups -OCH3 is 2. The molecule has 0 aliphatic heterocycles. The highest BCUT2D eigenvalue weighted by atomic mass is 16.5. The normalized spacial score (nSPS) is 17.4. The lowest BCUT2D eigenvalue weighted by Crippen LogP contribution is -2.03. The van der Waals surface area contributed by atoms with E-state index in [2.05, 4.69) is 5.16 Å². The highest BCUT2D eigenvalue weighted by Gasteiger charge is 2.13. The molecule has 0 aromatic heterocycles. The Balaban J connectivity index is 2.36. The predicted molar refractivity (Wildman–Crippen MR) is 70.6 cm³/mol. The van der Waals surface area contributed by atoms with Gasteiger partial charge in [0.05, 0.1) is 19.9 Å². The zero-order valence-electron chi connectivity index (χ0n) is 10.6. The molecule has 0 unspecified atom stereocenters. The SMILES string of the molecule is COc1ccc(C2=CC(=NO)CCC2)cc1OC. The number of benzene rings is 1. The molecule has 0 saturated carbocycles. The minimum absolute atomic E-state index is 0.712. The Labute approximate surface area is 107 Å². The van der Waals surface area contributed by atoms with Crippen LogP contribution in [-0.4, -0.2) is 25.1 Å². The maximum atomic E-state index is 8.84. The molecule has 0 radical (unpaired) electrons. The quantitative estimate of drug-likeness (QED) is 0.659. The van der Waals surface area contributed by atoms with Gasteiger partial charge in [-0.1, -0.05) is 11.2 Å². The van der Waals surface area contributed by atoms with Crippen LogP contribution in [0.5, 0.6) is 11.5 Å². The van der Waals surface area contributed by atoms with Crippen molar-refractivity contribution in [1.29, 1.82) is 0 Å². The molecule has 1 N–H and O–H groups in total. The summed E-state index contributed by atoms with van der Waals surface area (Å²) in [6, 6.07) is 5.83. The molecule has 0 amide bonds. The topological polar surface area (TPSA) is 51.0 Å². The first-order valence-electron chi connectivity index (χ1n) is 5.92. The third-order valence-electron chi connectivity index (χ3n) is 3.10. The smallest absolute Gasteiger partial charge is 0.161 e. The molecule has 4 heteroatoms. The molecule has 96 valence electrons. The molecule has 0 bridgehead atoms. The van der Waals surface area contributed by atoms with Gasteiger partial charge in [-0.2, -0.15) is 0 Å². The van der Waals surface area contributed by atoms with Gasteiger partial charge in [-0.3, -0.25) is 0 Å². The Morgan fingerprint density at radius 3 is 2.56 bits per heavy atom. The number of ether oxygens (including phenoxy) is 2. The second-order valence-electron chi connectivity index (χ2n) is 4.18. The van der Waals surface area contributed by atoms with Crippen LogP contribution >= 0.6 is 0 Å². The average Bonchev–Trinajstić information content (AvgIpc) is 2.46. The number of hydrogen-bond acceptors (Lipinski definition) is 4. The van der Waals surface area contributed by atoms with Crippen LogP contribution in [0.25, 0.3) is 5.57 Å². The van der Waals surface area contributed by atoms with E-state index < -0.39 is 0 Å². The second kappa shape index (κ2) is 5.58. The summed E-state index contributed by atoms with van der Waals surface area (Å²) in [5, 5.41) is 12.1. The summed E-state index contributed by atoms with van der Waals surface area (Å²) >= 11 is 0. The molecule has 1 aliphatic carbocycles. The largest absolute Gasteiger partial charge is 0.493 e. The minimum atomic E-state index is 0.712. The summed E-state index contributed by atoms with van der Waals surface area (Å²) < 4.78 is 10.5. The predicted octanol–water partition coefficient (Wildman–Crippen LogP) is 3.10. The fourth-order valence-electron chi connectivity index (χ4n) is 2.15. The van der Waals surface area contributed by atoms with Crippen molar-refractivity contribution >= 4 is 11.3 Å². The van der Waals surface area contributed by atoms with Crippen molar-refractivity contribution in [2.24, 2.45) is 5.16 Å². The first-order valence-corrected chi connectivity index (χ1v) is 5.92. The summed E-state index contributed by atoms with van der Waals surface area (Å²) in [7, 11) is 3.24. The maximum Gasteiger partial charge on any atom is 0.161 e. The fourth-order valence-corrected chi connectivity index (χ4v) is 2.15. The van der Waals surface area contributed by atoms with Crippen molar-refractivity contribution in [2.75, 3.05) is 14.2 Å². The Hall–Kier alpha value is -1.97. The van der Waals surface area contributed by atoms with E-state index in [0.717, 1.165) is 36.1 Å². The Morgan fingerprint density at radius 2 is 1.89 bits per heavy atom. The van der Waals surface area contributed by atoms with Gasteiger partial charge in [-0.05, 0) is 48.6 Å². The third-order valence-corrected chi connectivity index (χ3v) is 3.10. The number of rotatable bonds is 3. The Kier molecular flexibility index (Phi) is 3.87. The van der Waals surface area contributed by atoms with Crippen molar-refractivity contribution in [3.05, 3.63) is 29.8 Å². The van der Waals surface area contributed by atoms with Crippen LogP contribution in [0, 0.1) is 0 Å². The van der Waals surface area contributed by atoms with Gasteiger partial charge in [0.2, 0.25) is 0 Å². The number of hydrogen-bond donors (Lipinski definition) is 1. The van der Waals surface area contributed by atoms with Crippen LogP contribution in [0.3, 0.4) is 0 Å². The van der Waals surface area contributed by atoms with E-state index >= 15 is 0 Å². The van der Waals surface area contributed by atoms with E-state index in [1.165, 1.54) is 0 Å². The number of oxime groups is 1. The first-order chi connectivity index (χ1) is 8.78. The first kappa shape index (κ1) is 12.5. The van der Waals surface area contributed by atoms with Gasteiger partial charge in [-0.15, -0.1) is 0 Å². The van der Waals surface area contributed by atoms with Crippen LogP contribution in [0.2, 0.25) is 0 Å². The summed E-state index contributed by atoms with van der Waals surface area (Å²) in [6.45, 7) is 0. The van der Waals surface area contributed by atoms with Gasteiger partial charge in [0, 0.05) is 0 Å². The van der Waals surface area contributed by atoms with Crippen LogP contribution in [-0.2, 0) is 0 Å². The molecule has 0 atom stereocenters. The number of allylic oxidation sites excluding steroid dienone is 2. The number of nitrogens with zero attached hydrogens (tertiary/aromatic N) is 1. The minimum Gasteiger partial charge on any atom is -0.493 e. The molecular weight excluding hydrogens is 230 g/mol. The zero-order chi connectivity index (χ0) is 13.0. The molecule has 1 aromatic carbocycles. The lowest BCUT2D eigenvalue weighted by atomic mass is 9.92. The van der Waals surface area contributed by atoms with Crippen molar-refractivity contribution in [3.8, 4) is 11.5 Å². The molecule has 2 rings (SSSR count). The van der Waals surface area contributed by atoms with Crippen LogP contribution in [0.1, 0.15) is 24.8 Å². The van der Waals surface area contributed by atoms with Gasteiger partial charge in [0.15, 0.2) is 11.5 Å². The molecule has 0 heterocycles. The third kappa shape index (κ3) is 2.47. The van der Waals surface area contributed by atoms with Gasteiger partial charge in [0.25, 0.3) is 0 Å². The van der Waals surface area contributed by atoms with Crippen molar-refractivity contribution in [1.82, 2.24) is 0 Å². The summed E-state index contributed by atoms with van der Waals surface area (Å²) in [4.78, 5) is 0. The van der Waals surface area contributed by atoms with E-state index in [-0.39, 0.29) is 0 Å². The van der Waals surface area contributed by atoms with Gasteiger partial charge < -0.3 is 14.7 Å². The second-order valence-corrected chi connectivity index (χ2v) is 4.18. The van der Waals surface area contributed by atoms with Crippen molar-refractivity contribution < 1.29 is 14.7 Å². The standard InChI is InChI=1S/C14H17NO3/c1-17-13-7-6-11(9-14(13)18-2)10-4-3-5-12(8-10)15-16/h6-9,16H,3-5H2,1-2H3. The lowest BCUT2D eigenvalue weighted by molar-refractivity contribution is 0.318. The van der Waals surface area contributed by atoms with E-state index in [4.69, 9.17) is 14.7 Å². The van der Waals surface area contributed by atoms with Crippen LogP contribution in [0.15, 0.2) is 29.4 Å². The zero-order valence-corrected chi connectivity index (χ0v) is 10.6. The molecule has 1 aromatic rings. The lowest BCUT2D eigenvalue weighted by Gasteiger charge is -2.15. The van der Waals surface area contributed by atoms with Crippen LogP contribution < -0.4 is 9.47 Å². The molecule has 0 spiro atoms. The van der Waals surface area contributed by atoms with E-state index in [9.17, 15) is 0 Å². The highest BCUT2D eigenvalue weighted by Crippen LogP contribution is 2.33. The highest BCUT2D eigenvalue weighted by molar-refractivity contribution is 6.02. The maximum absolute atomic E-state index is 8.84. The van der Waals surface area contributed by atoms with E-state index in [1.54, 1.807) is 14.2 Å². The Bertz CT molecular complexity index is 492. The van der Waals surface area contributed by atoms with Crippen molar-refractivity contribution in [2.45, 2.75) is 19.3 Å². The van der Waals surface area contributed by atoms with E-state index in [0.29, 0.717) is 11.5 Å². The molecule has 0 saturated heterocycles. The summed E-state index contributed by atoms with van der Waals surface area (Å²) in [5.41, 5.74) is 2.97. The average molecular weight is 247 g/mol. The van der Waals surface area contributed by atoms with Crippen molar-refractivity contribution in [3.63, 3.8) is 0 Å². The Morgan fingerprint density at radius 1 is 1.11 bits per heavy atom. The fraction of sp³-hybridized carbons (Fsp3) is 0.357. The molecule has 0 fully saturated rings. The summed E-state index contributed by atoms with van der Waals surface area (Å²) in [6.07, 6.45) is 4.74. The van der Waals surface area contributed by atoms with Gasteiger partial charge in [-0.25, -0.2) is 0 Å². The molecule has 18 heavy (non-hydrogen) atoms. The molecular formula is C14H17NO3. The van der Waals surface area contributed by atoms with E-state index in [1.807, 2.05) is 24.3 Å². The van der Waals surface area contributed by atoms with Gasteiger partial charge in [0.1, 0.15) is 0 Å². The van der Waals surface area contributed by atoms with Gasteiger partial charge >= 0.3 is 0 Å². The van der Waals surface area contributed by atoms with Crippen LogP contribution in [0.4, 0.5) is 0 Å². The molecule has 4 nitrogen and oxygen atoms in total.